The number of benzene rings is 1. The Balaban J connectivity index is 2.15. The lowest BCUT2D eigenvalue weighted by molar-refractivity contribution is 0.0925. The van der Waals surface area contributed by atoms with Crippen LogP contribution in [0.15, 0.2) is 41.0 Å². The number of carbonyl (C=O) groups is 1. The minimum atomic E-state index is -0.169. The summed E-state index contributed by atoms with van der Waals surface area (Å²) in [4.78, 5) is 12.3. The molecule has 3 N–H and O–H groups in total. The molecule has 1 atom stereocenters. The SMILES string of the molecule is COc1ccc(C(NC(=O)c2coc(CN)c2)C(C)C)cc1. The molecule has 5 heteroatoms. The van der Waals surface area contributed by atoms with E-state index < -0.39 is 0 Å². The number of rotatable bonds is 6. The maximum atomic E-state index is 12.3. The fourth-order valence-electron chi connectivity index (χ4n) is 2.28. The Bertz CT molecular complexity index is 617. The zero-order valence-electron chi connectivity index (χ0n) is 13.1. The van der Waals surface area contributed by atoms with Crippen LogP contribution in [0, 0.1) is 5.92 Å². The van der Waals surface area contributed by atoms with Gasteiger partial charge in [-0.05, 0) is 29.7 Å². The lowest BCUT2D eigenvalue weighted by Crippen LogP contribution is -2.31. The van der Waals surface area contributed by atoms with Crippen molar-refractivity contribution >= 4 is 5.91 Å². The van der Waals surface area contributed by atoms with E-state index in [0.717, 1.165) is 11.3 Å². The van der Waals surface area contributed by atoms with Crippen LogP contribution in [0.3, 0.4) is 0 Å². The van der Waals surface area contributed by atoms with Crippen LogP contribution < -0.4 is 15.8 Å². The average molecular weight is 302 g/mol. The van der Waals surface area contributed by atoms with Crippen molar-refractivity contribution in [1.82, 2.24) is 5.32 Å². The molecule has 1 unspecified atom stereocenters. The van der Waals surface area contributed by atoms with Crippen molar-refractivity contribution in [1.29, 1.82) is 0 Å². The molecule has 0 radical (unpaired) electrons. The van der Waals surface area contributed by atoms with Crippen molar-refractivity contribution in [3.63, 3.8) is 0 Å². The normalized spacial score (nSPS) is 12.2. The quantitative estimate of drug-likeness (QED) is 0.860. The van der Waals surface area contributed by atoms with E-state index in [4.69, 9.17) is 14.9 Å². The molecule has 2 rings (SSSR count). The highest BCUT2D eigenvalue weighted by Crippen LogP contribution is 2.24. The molecule has 0 saturated carbocycles. The largest absolute Gasteiger partial charge is 0.497 e. The van der Waals surface area contributed by atoms with Crippen LogP contribution in [0.25, 0.3) is 0 Å². The molecule has 2 aromatic rings. The first-order chi connectivity index (χ1) is 10.5. The van der Waals surface area contributed by atoms with Crippen LogP contribution in [0.2, 0.25) is 0 Å². The molecule has 0 saturated heterocycles. The minimum Gasteiger partial charge on any atom is -0.497 e. The average Bonchev–Trinajstić information content (AvgIpc) is 3.01. The van der Waals surface area contributed by atoms with E-state index in [1.165, 1.54) is 6.26 Å². The summed E-state index contributed by atoms with van der Waals surface area (Å²) in [5, 5.41) is 3.04. The standard InChI is InChI=1S/C17H22N2O3/c1-11(2)16(12-4-6-14(21-3)7-5-12)19-17(20)13-8-15(9-18)22-10-13/h4-8,10-11,16H,9,18H2,1-3H3,(H,19,20). The third-order valence-electron chi connectivity index (χ3n) is 3.55. The molecule has 5 nitrogen and oxygen atoms in total. The van der Waals surface area contributed by atoms with Crippen molar-refractivity contribution in [2.45, 2.75) is 26.4 Å². The number of ether oxygens (including phenoxy) is 1. The molecule has 0 aliphatic rings. The Morgan fingerprint density at radius 2 is 2.00 bits per heavy atom. The third kappa shape index (κ3) is 3.68. The van der Waals surface area contributed by atoms with Crippen LogP contribution in [0.1, 0.15) is 41.6 Å². The van der Waals surface area contributed by atoms with E-state index in [2.05, 4.69) is 19.2 Å². The Kier molecular flexibility index (Phi) is 5.22. The van der Waals surface area contributed by atoms with Crippen LogP contribution in [0.5, 0.6) is 5.75 Å². The van der Waals surface area contributed by atoms with E-state index in [1.54, 1.807) is 13.2 Å². The minimum absolute atomic E-state index is 0.0883. The first kappa shape index (κ1) is 16.1. The summed E-state index contributed by atoms with van der Waals surface area (Å²) in [6.07, 6.45) is 1.43. The fraction of sp³-hybridized carbons (Fsp3) is 0.353. The lowest BCUT2D eigenvalue weighted by atomic mass is 9.95. The van der Waals surface area contributed by atoms with Gasteiger partial charge in [-0.2, -0.15) is 0 Å². The second-order valence-corrected chi connectivity index (χ2v) is 5.47. The number of methoxy groups -OCH3 is 1. The topological polar surface area (TPSA) is 77.5 Å². The summed E-state index contributed by atoms with van der Waals surface area (Å²) in [5.41, 5.74) is 7.01. The number of amides is 1. The molecule has 1 heterocycles. The van der Waals surface area contributed by atoms with Crippen LogP contribution in [-0.4, -0.2) is 13.0 Å². The summed E-state index contributed by atoms with van der Waals surface area (Å²) in [6.45, 7) is 4.41. The first-order valence-electron chi connectivity index (χ1n) is 7.27. The van der Waals surface area contributed by atoms with Gasteiger partial charge in [0.15, 0.2) is 0 Å². The molecular weight excluding hydrogens is 280 g/mol. The predicted molar refractivity (Wildman–Crippen MR) is 84.6 cm³/mol. The molecule has 0 fully saturated rings. The van der Waals surface area contributed by atoms with Gasteiger partial charge in [-0.15, -0.1) is 0 Å². The summed E-state index contributed by atoms with van der Waals surface area (Å²) in [5.74, 6) is 1.46. The molecule has 1 amide bonds. The summed E-state index contributed by atoms with van der Waals surface area (Å²) < 4.78 is 10.4. The molecule has 0 spiro atoms. The summed E-state index contributed by atoms with van der Waals surface area (Å²) >= 11 is 0. The van der Waals surface area contributed by atoms with Gasteiger partial charge in [0.1, 0.15) is 17.8 Å². The number of hydrogen-bond acceptors (Lipinski definition) is 4. The highest BCUT2D eigenvalue weighted by atomic mass is 16.5. The van der Waals surface area contributed by atoms with Gasteiger partial charge in [-0.1, -0.05) is 26.0 Å². The highest BCUT2D eigenvalue weighted by Gasteiger charge is 2.20. The summed E-state index contributed by atoms with van der Waals surface area (Å²) in [7, 11) is 1.63. The zero-order chi connectivity index (χ0) is 16.1. The Hall–Kier alpha value is -2.27. The fourth-order valence-corrected chi connectivity index (χ4v) is 2.28. The maximum Gasteiger partial charge on any atom is 0.255 e. The Labute approximate surface area is 130 Å². The molecule has 0 bridgehead atoms. The third-order valence-corrected chi connectivity index (χ3v) is 3.55. The maximum absolute atomic E-state index is 12.3. The molecule has 118 valence electrons. The van der Waals surface area contributed by atoms with E-state index >= 15 is 0 Å². The monoisotopic (exact) mass is 302 g/mol. The number of hydrogen-bond donors (Lipinski definition) is 2. The molecule has 0 aliphatic carbocycles. The smallest absolute Gasteiger partial charge is 0.255 e. The number of nitrogens with two attached hydrogens (primary N) is 1. The molecule has 1 aromatic carbocycles. The van der Waals surface area contributed by atoms with E-state index in [1.807, 2.05) is 24.3 Å². The van der Waals surface area contributed by atoms with Crippen LogP contribution in [0.4, 0.5) is 0 Å². The van der Waals surface area contributed by atoms with Gasteiger partial charge in [0.25, 0.3) is 5.91 Å². The van der Waals surface area contributed by atoms with Gasteiger partial charge in [-0.3, -0.25) is 4.79 Å². The highest BCUT2D eigenvalue weighted by molar-refractivity contribution is 5.94. The number of furan rings is 1. The Morgan fingerprint density at radius 1 is 1.32 bits per heavy atom. The van der Waals surface area contributed by atoms with Gasteiger partial charge in [0, 0.05) is 0 Å². The van der Waals surface area contributed by atoms with Crippen LogP contribution >= 0.6 is 0 Å². The van der Waals surface area contributed by atoms with Crippen molar-refractivity contribution in [2.75, 3.05) is 7.11 Å². The van der Waals surface area contributed by atoms with Crippen molar-refractivity contribution in [3.05, 3.63) is 53.5 Å². The lowest BCUT2D eigenvalue weighted by Gasteiger charge is -2.22. The predicted octanol–water partition coefficient (Wildman–Crippen LogP) is 2.87. The number of nitrogens with one attached hydrogen (secondary N) is 1. The first-order valence-corrected chi connectivity index (χ1v) is 7.27. The van der Waals surface area contributed by atoms with Crippen molar-refractivity contribution in [2.24, 2.45) is 11.7 Å². The molecular formula is C17H22N2O3. The van der Waals surface area contributed by atoms with E-state index in [-0.39, 0.29) is 24.4 Å². The Morgan fingerprint density at radius 3 is 2.50 bits per heavy atom. The molecule has 22 heavy (non-hydrogen) atoms. The number of carbonyl (C=O) groups excluding carboxylic acids is 1. The van der Waals surface area contributed by atoms with Gasteiger partial charge >= 0.3 is 0 Å². The second kappa shape index (κ2) is 7.13. The van der Waals surface area contributed by atoms with Gasteiger partial charge < -0.3 is 20.2 Å². The van der Waals surface area contributed by atoms with Gasteiger partial charge in [0.05, 0.1) is 25.3 Å². The molecule has 1 aromatic heterocycles. The van der Waals surface area contributed by atoms with Gasteiger partial charge in [-0.25, -0.2) is 0 Å². The second-order valence-electron chi connectivity index (χ2n) is 5.47. The van der Waals surface area contributed by atoms with Crippen molar-refractivity contribution < 1.29 is 13.9 Å². The van der Waals surface area contributed by atoms with E-state index in [9.17, 15) is 4.79 Å². The van der Waals surface area contributed by atoms with Gasteiger partial charge in [0.2, 0.25) is 0 Å². The van der Waals surface area contributed by atoms with Crippen molar-refractivity contribution in [3.8, 4) is 5.75 Å². The van der Waals surface area contributed by atoms with E-state index in [0.29, 0.717) is 11.3 Å². The summed E-state index contributed by atoms with van der Waals surface area (Å²) in [6, 6.07) is 9.28. The van der Waals surface area contributed by atoms with Crippen LogP contribution in [-0.2, 0) is 6.54 Å². The molecule has 0 aliphatic heterocycles. The zero-order valence-corrected chi connectivity index (χ0v) is 13.1.